The third-order valence-electron chi connectivity index (χ3n) is 3.60. The normalized spacial score (nSPS) is 10.9. The Balaban J connectivity index is 1.90. The van der Waals surface area contributed by atoms with Crippen molar-refractivity contribution in [3.8, 4) is 22.8 Å². The van der Waals surface area contributed by atoms with Crippen LogP contribution in [-0.4, -0.2) is 22.6 Å². The molecule has 1 aromatic heterocycles. The van der Waals surface area contributed by atoms with Crippen molar-refractivity contribution >= 4 is 17.5 Å². The average molecular weight is 356 g/mol. The molecule has 0 atom stereocenters. The van der Waals surface area contributed by atoms with E-state index in [0.29, 0.717) is 40.3 Å². The van der Waals surface area contributed by atoms with Gasteiger partial charge in [-0.05, 0) is 42.3 Å². The molecule has 3 aromatic rings. The number of hydrogen-bond donors (Lipinski definition) is 1. The van der Waals surface area contributed by atoms with Crippen molar-refractivity contribution in [3.05, 3.63) is 59.1 Å². The highest BCUT2D eigenvalue weighted by Gasteiger charge is 2.18. The molecule has 0 spiro atoms. The summed E-state index contributed by atoms with van der Waals surface area (Å²) >= 11 is 5.90. The third-order valence-corrected chi connectivity index (χ3v) is 3.85. The fourth-order valence-corrected chi connectivity index (χ4v) is 2.43. The summed E-state index contributed by atoms with van der Waals surface area (Å²) in [5.41, 5.74) is 1.91. The largest absolute Gasteiger partial charge is 0.352 e. The Labute approximate surface area is 151 Å². The molecule has 25 heavy (non-hydrogen) atoms. The maximum absolute atomic E-state index is 12.4. The molecule has 6 heteroatoms. The maximum atomic E-state index is 12.4. The summed E-state index contributed by atoms with van der Waals surface area (Å²) in [5.74, 6) is 0.968. The standard InChI is InChI=1S/C19H18ClN3O2/c1-12(2)11-21-18(24)15-5-3-4-6-16(15)19-22-17(23-25-19)13-7-9-14(20)10-8-13/h3-10,12H,11H2,1-2H3,(H,21,24). The highest BCUT2D eigenvalue weighted by atomic mass is 35.5. The van der Waals surface area contributed by atoms with E-state index in [4.69, 9.17) is 16.1 Å². The molecule has 0 fully saturated rings. The second kappa shape index (κ2) is 7.49. The van der Waals surface area contributed by atoms with Crippen LogP contribution < -0.4 is 5.32 Å². The van der Waals surface area contributed by atoms with E-state index in [1.165, 1.54) is 0 Å². The van der Waals surface area contributed by atoms with Crippen LogP contribution in [-0.2, 0) is 0 Å². The summed E-state index contributed by atoms with van der Waals surface area (Å²) in [6.45, 7) is 4.69. The lowest BCUT2D eigenvalue weighted by molar-refractivity contribution is 0.0949. The summed E-state index contributed by atoms with van der Waals surface area (Å²) in [6.07, 6.45) is 0. The average Bonchev–Trinajstić information content (AvgIpc) is 3.10. The number of aromatic nitrogens is 2. The first-order chi connectivity index (χ1) is 12.0. The van der Waals surface area contributed by atoms with Gasteiger partial charge in [-0.3, -0.25) is 4.79 Å². The van der Waals surface area contributed by atoms with Crippen LogP contribution in [0.2, 0.25) is 5.02 Å². The Bertz CT molecular complexity index is 872. The lowest BCUT2D eigenvalue weighted by Crippen LogP contribution is -2.27. The van der Waals surface area contributed by atoms with Gasteiger partial charge in [-0.25, -0.2) is 0 Å². The van der Waals surface area contributed by atoms with Gasteiger partial charge in [0.1, 0.15) is 0 Å². The fraction of sp³-hybridized carbons (Fsp3) is 0.211. The summed E-state index contributed by atoms with van der Waals surface area (Å²) in [5, 5.41) is 7.55. The first-order valence-electron chi connectivity index (χ1n) is 8.02. The van der Waals surface area contributed by atoms with E-state index < -0.39 is 0 Å². The first kappa shape index (κ1) is 17.2. The minimum atomic E-state index is -0.157. The van der Waals surface area contributed by atoms with Crippen LogP contribution in [0.1, 0.15) is 24.2 Å². The van der Waals surface area contributed by atoms with Crippen LogP contribution in [0.25, 0.3) is 22.8 Å². The van der Waals surface area contributed by atoms with Crippen molar-refractivity contribution in [1.29, 1.82) is 0 Å². The molecule has 0 aliphatic heterocycles. The summed E-state index contributed by atoms with van der Waals surface area (Å²) in [4.78, 5) is 16.9. The van der Waals surface area contributed by atoms with Crippen LogP contribution in [0.5, 0.6) is 0 Å². The number of rotatable bonds is 5. The van der Waals surface area contributed by atoms with Crippen molar-refractivity contribution in [2.24, 2.45) is 5.92 Å². The molecule has 0 aliphatic rings. The number of hydrogen-bond acceptors (Lipinski definition) is 4. The van der Waals surface area contributed by atoms with E-state index in [1.807, 2.05) is 38.1 Å². The van der Waals surface area contributed by atoms with E-state index in [-0.39, 0.29) is 5.91 Å². The van der Waals surface area contributed by atoms with Crippen molar-refractivity contribution in [1.82, 2.24) is 15.5 Å². The Morgan fingerprint density at radius 2 is 1.88 bits per heavy atom. The van der Waals surface area contributed by atoms with E-state index in [1.54, 1.807) is 24.3 Å². The van der Waals surface area contributed by atoms with E-state index in [0.717, 1.165) is 5.56 Å². The highest BCUT2D eigenvalue weighted by Crippen LogP contribution is 2.25. The Hall–Kier alpha value is -2.66. The van der Waals surface area contributed by atoms with Gasteiger partial charge in [-0.1, -0.05) is 42.7 Å². The Kier molecular flexibility index (Phi) is 5.14. The van der Waals surface area contributed by atoms with Gasteiger partial charge < -0.3 is 9.84 Å². The lowest BCUT2D eigenvalue weighted by Gasteiger charge is -2.09. The molecule has 0 bridgehead atoms. The quantitative estimate of drug-likeness (QED) is 0.734. The van der Waals surface area contributed by atoms with Gasteiger partial charge in [-0.2, -0.15) is 4.98 Å². The van der Waals surface area contributed by atoms with Gasteiger partial charge >= 0.3 is 0 Å². The molecule has 1 N–H and O–H groups in total. The van der Waals surface area contributed by atoms with Gasteiger partial charge in [-0.15, -0.1) is 0 Å². The summed E-state index contributed by atoms with van der Waals surface area (Å²) in [7, 11) is 0. The fourth-order valence-electron chi connectivity index (χ4n) is 2.31. The van der Waals surface area contributed by atoms with E-state index in [2.05, 4.69) is 15.5 Å². The monoisotopic (exact) mass is 355 g/mol. The van der Waals surface area contributed by atoms with Crippen molar-refractivity contribution in [2.75, 3.05) is 6.54 Å². The highest BCUT2D eigenvalue weighted by molar-refractivity contribution is 6.30. The smallest absolute Gasteiger partial charge is 0.259 e. The number of amides is 1. The van der Waals surface area contributed by atoms with Gasteiger partial charge in [0.25, 0.3) is 11.8 Å². The molecule has 0 aliphatic carbocycles. The molecule has 0 saturated heterocycles. The topological polar surface area (TPSA) is 68.0 Å². The SMILES string of the molecule is CC(C)CNC(=O)c1ccccc1-c1nc(-c2ccc(Cl)cc2)no1. The predicted octanol–water partition coefficient (Wildman–Crippen LogP) is 4.44. The number of halogens is 1. The van der Waals surface area contributed by atoms with Crippen LogP contribution in [0.15, 0.2) is 53.1 Å². The number of nitrogens with zero attached hydrogens (tertiary/aromatic N) is 2. The predicted molar refractivity (Wildman–Crippen MR) is 97.4 cm³/mol. The third kappa shape index (κ3) is 4.06. The number of carbonyl (C=O) groups is 1. The number of benzene rings is 2. The van der Waals surface area contributed by atoms with Gasteiger partial charge in [0, 0.05) is 17.1 Å². The Morgan fingerprint density at radius 1 is 1.16 bits per heavy atom. The van der Waals surface area contributed by atoms with Gasteiger partial charge in [0.15, 0.2) is 0 Å². The molecular weight excluding hydrogens is 338 g/mol. The molecule has 5 nitrogen and oxygen atoms in total. The van der Waals surface area contributed by atoms with E-state index in [9.17, 15) is 4.79 Å². The molecule has 1 heterocycles. The maximum Gasteiger partial charge on any atom is 0.259 e. The molecule has 0 saturated carbocycles. The summed E-state index contributed by atoms with van der Waals surface area (Å²) < 4.78 is 5.38. The molecule has 1 amide bonds. The lowest BCUT2D eigenvalue weighted by atomic mass is 10.1. The van der Waals surface area contributed by atoms with Crippen molar-refractivity contribution in [3.63, 3.8) is 0 Å². The second-order valence-electron chi connectivity index (χ2n) is 6.08. The molecule has 128 valence electrons. The van der Waals surface area contributed by atoms with Crippen LogP contribution >= 0.6 is 11.6 Å². The van der Waals surface area contributed by atoms with Crippen LogP contribution in [0, 0.1) is 5.92 Å². The van der Waals surface area contributed by atoms with Crippen LogP contribution in [0.3, 0.4) is 0 Å². The number of nitrogens with one attached hydrogen (secondary N) is 1. The minimum absolute atomic E-state index is 0.157. The van der Waals surface area contributed by atoms with Crippen molar-refractivity contribution < 1.29 is 9.32 Å². The molecule has 0 unspecified atom stereocenters. The molecule has 2 aromatic carbocycles. The molecule has 3 rings (SSSR count). The van der Waals surface area contributed by atoms with Crippen LogP contribution in [0.4, 0.5) is 0 Å². The molecule has 0 radical (unpaired) electrons. The van der Waals surface area contributed by atoms with Crippen molar-refractivity contribution in [2.45, 2.75) is 13.8 Å². The minimum Gasteiger partial charge on any atom is -0.352 e. The van der Waals surface area contributed by atoms with Gasteiger partial charge in [0.05, 0.1) is 11.1 Å². The zero-order chi connectivity index (χ0) is 17.8. The Morgan fingerprint density at radius 3 is 2.60 bits per heavy atom. The van der Waals surface area contributed by atoms with Gasteiger partial charge in [0.2, 0.25) is 5.82 Å². The molecular formula is C19H18ClN3O2. The zero-order valence-corrected chi connectivity index (χ0v) is 14.7. The zero-order valence-electron chi connectivity index (χ0n) is 14.0. The summed E-state index contributed by atoms with van der Waals surface area (Å²) in [6, 6.07) is 14.3. The second-order valence-corrected chi connectivity index (χ2v) is 6.52. The first-order valence-corrected chi connectivity index (χ1v) is 8.39. The van der Waals surface area contributed by atoms with E-state index >= 15 is 0 Å². The number of carbonyl (C=O) groups excluding carboxylic acids is 1.